The third-order valence-electron chi connectivity index (χ3n) is 11.5. The fourth-order valence-electron chi connectivity index (χ4n) is 8.89. The van der Waals surface area contributed by atoms with Crippen LogP contribution in [0, 0.1) is 0 Å². The second kappa shape index (κ2) is 12.8. The fourth-order valence-corrected chi connectivity index (χ4v) is 8.89. The van der Waals surface area contributed by atoms with Crippen LogP contribution in [0.4, 0.5) is 0 Å². The summed E-state index contributed by atoms with van der Waals surface area (Å²) in [4.78, 5) is 15.7. The van der Waals surface area contributed by atoms with E-state index in [0.717, 1.165) is 49.9 Å². The molecule has 58 heavy (non-hydrogen) atoms. The Labute approximate surface area is 333 Å². The molecule has 12 aromatic rings. The number of rotatable bonds is 5. The molecule has 0 saturated heterocycles. The average molecular weight is 740 g/mol. The van der Waals surface area contributed by atoms with Gasteiger partial charge in [0.1, 0.15) is 0 Å². The summed E-state index contributed by atoms with van der Waals surface area (Å²) < 4.78 is 4.75. The van der Waals surface area contributed by atoms with Gasteiger partial charge in [-0.15, -0.1) is 0 Å². The van der Waals surface area contributed by atoms with Gasteiger partial charge in [0.25, 0.3) is 0 Å². The molecule has 0 N–H and O–H groups in total. The van der Waals surface area contributed by atoms with Gasteiger partial charge < -0.3 is 9.13 Å². The monoisotopic (exact) mass is 739 g/mol. The first-order valence-electron chi connectivity index (χ1n) is 19.6. The van der Waals surface area contributed by atoms with Gasteiger partial charge in [-0.3, -0.25) is 0 Å². The smallest absolute Gasteiger partial charge is 0.164 e. The maximum absolute atomic E-state index is 5.30. The molecule has 3 heterocycles. The second-order valence-electron chi connectivity index (χ2n) is 14.8. The van der Waals surface area contributed by atoms with Crippen molar-refractivity contribution >= 4 is 65.2 Å². The molecule has 9 aromatic carbocycles. The summed E-state index contributed by atoms with van der Waals surface area (Å²) in [6.45, 7) is 0. The lowest BCUT2D eigenvalue weighted by Gasteiger charge is -2.15. The molecule has 0 unspecified atom stereocenters. The quantitative estimate of drug-likeness (QED) is 0.177. The van der Waals surface area contributed by atoms with E-state index in [9.17, 15) is 0 Å². The normalized spacial score (nSPS) is 11.8. The molecule has 3 aromatic heterocycles. The van der Waals surface area contributed by atoms with Crippen LogP contribution in [-0.2, 0) is 0 Å². The minimum Gasteiger partial charge on any atom is -0.309 e. The standard InChI is InChI=1S/C53H33N5/c1-3-15-34(16-4-1)51-54-52(37-27-28-43-41-23-11-13-25-46(41)57(49(43)33-37)38-19-5-2-6-20-38)56-53(55-51)44-29-30-48(40-22-10-9-21-39(40)44)58-47-26-14-12-24-42(47)45-31-35-17-7-8-18-36(35)32-50(45)58/h1-33H. The van der Waals surface area contributed by atoms with Crippen molar-refractivity contribution in [1.82, 2.24) is 24.1 Å². The SMILES string of the molecule is c1ccc(-c2nc(-c3ccc4c5ccccc5n(-c5ccccc5)c4c3)nc(-c3ccc(-n4c5ccccc5c5cc6ccccc6cc54)c4ccccc34)n2)cc1. The minimum absolute atomic E-state index is 0.623. The van der Waals surface area contributed by atoms with Crippen LogP contribution in [0.5, 0.6) is 0 Å². The van der Waals surface area contributed by atoms with Crippen molar-refractivity contribution in [3.05, 3.63) is 200 Å². The van der Waals surface area contributed by atoms with Crippen molar-refractivity contribution in [3.8, 4) is 45.5 Å². The fraction of sp³-hybridized carbons (Fsp3) is 0. The van der Waals surface area contributed by atoms with Gasteiger partial charge in [0, 0.05) is 49.3 Å². The van der Waals surface area contributed by atoms with Crippen molar-refractivity contribution in [2.24, 2.45) is 0 Å². The highest BCUT2D eigenvalue weighted by atomic mass is 15.0. The predicted octanol–water partition coefficient (Wildman–Crippen LogP) is 13.4. The predicted molar refractivity (Wildman–Crippen MR) is 240 cm³/mol. The third kappa shape index (κ3) is 5.00. The average Bonchev–Trinajstić information content (AvgIpc) is 3.80. The summed E-state index contributed by atoms with van der Waals surface area (Å²) in [6, 6.07) is 70.9. The van der Waals surface area contributed by atoms with Crippen LogP contribution in [0.1, 0.15) is 0 Å². The van der Waals surface area contributed by atoms with Crippen LogP contribution in [0.25, 0.3) is 111 Å². The van der Waals surface area contributed by atoms with Gasteiger partial charge in [-0.1, -0.05) is 146 Å². The molecule has 0 aliphatic heterocycles. The number of hydrogen-bond donors (Lipinski definition) is 0. The van der Waals surface area contributed by atoms with Crippen LogP contribution in [0.3, 0.4) is 0 Å². The highest BCUT2D eigenvalue weighted by molar-refractivity contribution is 6.15. The van der Waals surface area contributed by atoms with Crippen molar-refractivity contribution < 1.29 is 0 Å². The lowest BCUT2D eigenvalue weighted by Crippen LogP contribution is -2.02. The first-order valence-corrected chi connectivity index (χ1v) is 19.6. The van der Waals surface area contributed by atoms with Crippen LogP contribution in [-0.4, -0.2) is 24.1 Å². The number of hydrogen-bond acceptors (Lipinski definition) is 3. The van der Waals surface area contributed by atoms with E-state index in [-0.39, 0.29) is 0 Å². The summed E-state index contributed by atoms with van der Waals surface area (Å²) in [5.41, 5.74) is 9.63. The lowest BCUT2D eigenvalue weighted by molar-refractivity contribution is 1.08. The number of nitrogens with zero attached hydrogens (tertiary/aromatic N) is 5. The molecule has 5 heteroatoms. The van der Waals surface area contributed by atoms with E-state index >= 15 is 0 Å². The van der Waals surface area contributed by atoms with Crippen molar-refractivity contribution in [2.75, 3.05) is 0 Å². The second-order valence-corrected chi connectivity index (χ2v) is 14.8. The zero-order chi connectivity index (χ0) is 38.2. The van der Waals surface area contributed by atoms with Crippen LogP contribution in [0.2, 0.25) is 0 Å². The minimum atomic E-state index is 0.623. The summed E-state index contributed by atoms with van der Waals surface area (Å²) in [7, 11) is 0. The van der Waals surface area contributed by atoms with Crippen molar-refractivity contribution in [3.63, 3.8) is 0 Å². The molecule has 0 bridgehead atoms. The van der Waals surface area contributed by atoms with E-state index in [0.29, 0.717) is 17.5 Å². The topological polar surface area (TPSA) is 48.5 Å². The Morgan fingerprint density at radius 1 is 0.293 bits per heavy atom. The van der Waals surface area contributed by atoms with Gasteiger partial charge in [-0.2, -0.15) is 0 Å². The molecule has 0 aliphatic carbocycles. The molecule has 5 nitrogen and oxygen atoms in total. The first-order chi connectivity index (χ1) is 28.8. The summed E-state index contributed by atoms with van der Waals surface area (Å²) in [5, 5.41) is 9.50. The molecule has 12 rings (SSSR count). The van der Waals surface area contributed by atoms with Gasteiger partial charge in [0.05, 0.1) is 27.8 Å². The van der Waals surface area contributed by atoms with E-state index in [1.807, 2.05) is 18.2 Å². The maximum atomic E-state index is 5.30. The molecule has 0 atom stereocenters. The Kier molecular flexibility index (Phi) is 7.16. The van der Waals surface area contributed by atoms with Gasteiger partial charge in [-0.25, -0.2) is 15.0 Å². The lowest BCUT2D eigenvalue weighted by atomic mass is 10.0. The molecule has 0 radical (unpaired) electrons. The van der Waals surface area contributed by atoms with E-state index < -0.39 is 0 Å². The van der Waals surface area contributed by atoms with Gasteiger partial charge in [-0.05, 0) is 70.8 Å². The van der Waals surface area contributed by atoms with E-state index in [4.69, 9.17) is 15.0 Å². The Hall–Kier alpha value is -7.89. The molecule has 270 valence electrons. The number of para-hydroxylation sites is 3. The van der Waals surface area contributed by atoms with E-state index in [1.54, 1.807) is 0 Å². The maximum Gasteiger partial charge on any atom is 0.164 e. The largest absolute Gasteiger partial charge is 0.309 e. The Bertz CT molecular complexity index is 3560. The van der Waals surface area contributed by atoms with Gasteiger partial charge >= 0.3 is 0 Å². The number of benzene rings is 9. The molecule has 0 fully saturated rings. The summed E-state index contributed by atoms with van der Waals surface area (Å²) in [6.07, 6.45) is 0. The van der Waals surface area contributed by atoms with Crippen molar-refractivity contribution in [1.29, 1.82) is 0 Å². The van der Waals surface area contributed by atoms with E-state index in [1.165, 1.54) is 43.4 Å². The number of fused-ring (bicyclic) bond motifs is 8. The Morgan fingerprint density at radius 2 is 0.828 bits per heavy atom. The van der Waals surface area contributed by atoms with Gasteiger partial charge in [0.15, 0.2) is 17.5 Å². The van der Waals surface area contributed by atoms with Crippen molar-refractivity contribution in [2.45, 2.75) is 0 Å². The van der Waals surface area contributed by atoms with Crippen LogP contribution in [0.15, 0.2) is 200 Å². The zero-order valence-electron chi connectivity index (χ0n) is 31.3. The molecular formula is C53H33N5. The molecule has 0 amide bonds. The zero-order valence-corrected chi connectivity index (χ0v) is 31.3. The summed E-state index contributed by atoms with van der Waals surface area (Å²) in [5.74, 6) is 1.88. The highest BCUT2D eigenvalue weighted by Crippen LogP contribution is 2.40. The van der Waals surface area contributed by atoms with Crippen LogP contribution < -0.4 is 0 Å². The van der Waals surface area contributed by atoms with Gasteiger partial charge in [0.2, 0.25) is 0 Å². The van der Waals surface area contributed by atoms with Crippen LogP contribution >= 0.6 is 0 Å². The molecule has 0 spiro atoms. The number of aromatic nitrogens is 5. The van der Waals surface area contributed by atoms with E-state index in [2.05, 4.69) is 191 Å². The third-order valence-corrected chi connectivity index (χ3v) is 11.5. The summed E-state index contributed by atoms with van der Waals surface area (Å²) >= 11 is 0. The molecule has 0 saturated carbocycles. The molecular weight excluding hydrogens is 707 g/mol. The highest BCUT2D eigenvalue weighted by Gasteiger charge is 2.20. The Balaban J connectivity index is 1.09. The Morgan fingerprint density at radius 3 is 1.59 bits per heavy atom. The molecule has 0 aliphatic rings. The first kappa shape index (κ1) is 32.4.